The molecule has 0 atom stereocenters. The minimum atomic E-state index is -0.0755. The Bertz CT molecular complexity index is 575. The highest BCUT2D eigenvalue weighted by molar-refractivity contribution is 5.53. The summed E-state index contributed by atoms with van der Waals surface area (Å²) in [5, 5.41) is 0. The molecule has 2 aromatic heterocycles. The topological polar surface area (TPSA) is 43.6 Å². The first-order valence-corrected chi connectivity index (χ1v) is 5.84. The van der Waals surface area contributed by atoms with Crippen LogP contribution in [0.25, 0.3) is 5.65 Å². The number of rotatable bonds is 4. The number of nitrogens with zero attached hydrogens (tertiary/aromatic N) is 2. The Hall–Kier alpha value is -1.84. The lowest BCUT2D eigenvalue weighted by Gasteiger charge is -2.08. The van der Waals surface area contributed by atoms with Gasteiger partial charge in [0.05, 0.1) is 6.61 Å². The minimum absolute atomic E-state index is 0.0755. The van der Waals surface area contributed by atoms with Crippen molar-refractivity contribution in [3.05, 3.63) is 40.4 Å². The molecule has 0 bridgehead atoms. The molecule has 0 aromatic carbocycles. The molecule has 0 saturated heterocycles. The van der Waals surface area contributed by atoms with E-state index in [0.717, 1.165) is 12.8 Å². The first-order chi connectivity index (χ1) is 8.22. The number of hydrogen-bond donors (Lipinski definition) is 0. The smallest absolute Gasteiger partial charge is 0.258 e. The molecule has 4 nitrogen and oxygen atoms in total. The zero-order chi connectivity index (χ0) is 12.3. The lowest BCUT2D eigenvalue weighted by Crippen LogP contribution is -2.15. The molecule has 0 amide bonds. The Morgan fingerprint density at radius 2 is 2.29 bits per heavy atom. The summed E-state index contributed by atoms with van der Waals surface area (Å²) in [5.41, 5.74) is 1.23. The highest BCUT2D eigenvalue weighted by Crippen LogP contribution is 2.16. The average Bonchev–Trinajstić information content (AvgIpc) is 2.30. The van der Waals surface area contributed by atoms with Crippen molar-refractivity contribution in [1.29, 1.82) is 0 Å². The van der Waals surface area contributed by atoms with Crippen LogP contribution in [0, 0.1) is 6.92 Å². The Labute approximate surface area is 99.9 Å². The van der Waals surface area contributed by atoms with Gasteiger partial charge in [-0.1, -0.05) is 13.3 Å². The first kappa shape index (κ1) is 11.6. The van der Waals surface area contributed by atoms with Gasteiger partial charge >= 0.3 is 0 Å². The summed E-state index contributed by atoms with van der Waals surface area (Å²) in [6.07, 6.45) is 3.78. The molecular weight excluding hydrogens is 216 g/mol. The van der Waals surface area contributed by atoms with Gasteiger partial charge in [0, 0.05) is 18.0 Å². The molecule has 0 saturated carbocycles. The lowest BCUT2D eigenvalue weighted by atomic mass is 10.3. The van der Waals surface area contributed by atoms with E-state index in [4.69, 9.17) is 4.74 Å². The number of unbranched alkanes of at least 4 members (excludes halogenated alkanes) is 1. The average molecular weight is 232 g/mol. The predicted octanol–water partition coefficient (Wildman–Crippen LogP) is 2.18. The zero-order valence-electron chi connectivity index (χ0n) is 10.1. The van der Waals surface area contributed by atoms with Gasteiger partial charge in [-0.2, -0.15) is 0 Å². The largest absolute Gasteiger partial charge is 0.490 e. The van der Waals surface area contributed by atoms with Gasteiger partial charge < -0.3 is 4.74 Å². The lowest BCUT2D eigenvalue weighted by molar-refractivity contribution is 0.311. The van der Waals surface area contributed by atoms with Crippen molar-refractivity contribution in [3.63, 3.8) is 0 Å². The van der Waals surface area contributed by atoms with Crippen molar-refractivity contribution in [2.75, 3.05) is 6.61 Å². The second-order valence-corrected chi connectivity index (χ2v) is 4.00. The monoisotopic (exact) mass is 232 g/mol. The normalized spacial score (nSPS) is 10.7. The third kappa shape index (κ3) is 2.46. The van der Waals surface area contributed by atoms with Gasteiger partial charge in [0.15, 0.2) is 11.4 Å². The second kappa shape index (κ2) is 4.99. The molecule has 0 fully saturated rings. The van der Waals surface area contributed by atoms with E-state index in [0.29, 0.717) is 23.7 Å². The van der Waals surface area contributed by atoms with E-state index in [1.54, 1.807) is 12.3 Å². The van der Waals surface area contributed by atoms with Crippen molar-refractivity contribution >= 4 is 5.65 Å². The molecule has 0 unspecified atom stereocenters. The third-order valence-electron chi connectivity index (χ3n) is 2.54. The molecule has 0 aliphatic rings. The molecule has 90 valence electrons. The number of aryl methyl sites for hydroxylation is 1. The van der Waals surface area contributed by atoms with Crippen LogP contribution in [0.1, 0.15) is 25.5 Å². The van der Waals surface area contributed by atoms with E-state index in [-0.39, 0.29) is 5.56 Å². The summed E-state index contributed by atoms with van der Waals surface area (Å²) in [6, 6.07) is 5.16. The number of fused-ring (bicyclic) bond motifs is 1. The van der Waals surface area contributed by atoms with Crippen molar-refractivity contribution in [1.82, 2.24) is 9.38 Å². The highest BCUT2D eigenvalue weighted by atomic mass is 16.5. The quantitative estimate of drug-likeness (QED) is 0.759. The van der Waals surface area contributed by atoms with Crippen LogP contribution >= 0.6 is 0 Å². The first-order valence-electron chi connectivity index (χ1n) is 5.84. The summed E-state index contributed by atoms with van der Waals surface area (Å²) in [6.45, 7) is 4.57. The molecule has 0 spiro atoms. The molecule has 0 radical (unpaired) electrons. The van der Waals surface area contributed by atoms with Crippen LogP contribution in [-0.2, 0) is 0 Å². The van der Waals surface area contributed by atoms with E-state index < -0.39 is 0 Å². The van der Waals surface area contributed by atoms with Gasteiger partial charge in [0.1, 0.15) is 0 Å². The standard InChI is InChI=1S/C13H16N2O2/c1-3-4-8-17-11-6-5-7-15-12(16)9-10(2)14-13(11)15/h5-7,9H,3-4,8H2,1-2H3. The van der Waals surface area contributed by atoms with Crippen molar-refractivity contribution in [2.45, 2.75) is 26.7 Å². The summed E-state index contributed by atoms with van der Waals surface area (Å²) in [4.78, 5) is 16.1. The van der Waals surface area contributed by atoms with Gasteiger partial charge in [-0.05, 0) is 25.5 Å². The Morgan fingerprint density at radius 3 is 3.06 bits per heavy atom. The van der Waals surface area contributed by atoms with Gasteiger partial charge in [-0.15, -0.1) is 0 Å². The van der Waals surface area contributed by atoms with Crippen molar-refractivity contribution < 1.29 is 4.74 Å². The Morgan fingerprint density at radius 1 is 1.47 bits per heavy atom. The molecule has 2 aromatic rings. The van der Waals surface area contributed by atoms with Crippen LogP contribution in [0.5, 0.6) is 5.75 Å². The number of pyridine rings is 1. The fraction of sp³-hybridized carbons (Fsp3) is 0.385. The van der Waals surface area contributed by atoms with Crippen LogP contribution < -0.4 is 10.3 Å². The summed E-state index contributed by atoms with van der Waals surface area (Å²) in [5.74, 6) is 0.668. The molecule has 0 aliphatic heterocycles. The van der Waals surface area contributed by atoms with Crippen LogP contribution in [0.15, 0.2) is 29.2 Å². The molecule has 17 heavy (non-hydrogen) atoms. The fourth-order valence-electron chi connectivity index (χ4n) is 1.65. The van der Waals surface area contributed by atoms with E-state index in [1.165, 1.54) is 10.5 Å². The minimum Gasteiger partial charge on any atom is -0.490 e. The van der Waals surface area contributed by atoms with Crippen LogP contribution in [0.2, 0.25) is 0 Å². The summed E-state index contributed by atoms with van der Waals surface area (Å²) >= 11 is 0. The zero-order valence-corrected chi connectivity index (χ0v) is 10.1. The maximum Gasteiger partial charge on any atom is 0.258 e. The maximum absolute atomic E-state index is 11.7. The summed E-state index contributed by atoms with van der Waals surface area (Å²) in [7, 11) is 0. The van der Waals surface area contributed by atoms with Gasteiger partial charge in [0.2, 0.25) is 0 Å². The number of hydrogen-bond acceptors (Lipinski definition) is 3. The fourth-order valence-corrected chi connectivity index (χ4v) is 1.65. The molecule has 2 rings (SSSR count). The van der Waals surface area contributed by atoms with Crippen LogP contribution in [0.3, 0.4) is 0 Å². The van der Waals surface area contributed by atoms with E-state index in [1.807, 2.05) is 13.0 Å². The SMILES string of the molecule is CCCCOc1cccn2c(=O)cc(C)nc12. The summed E-state index contributed by atoms with van der Waals surface area (Å²) < 4.78 is 7.16. The third-order valence-corrected chi connectivity index (χ3v) is 2.54. The van der Waals surface area contributed by atoms with Gasteiger partial charge in [-0.3, -0.25) is 9.20 Å². The Balaban J connectivity index is 2.45. The molecule has 4 heteroatoms. The van der Waals surface area contributed by atoms with Crippen molar-refractivity contribution in [3.8, 4) is 5.75 Å². The van der Waals surface area contributed by atoms with E-state index in [9.17, 15) is 4.79 Å². The van der Waals surface area contributed by atoms with E-state index >= 15 is 0 Å². The highest BCUT2D eigenvalue weighted by Gasteiger charge is 2.05. The maximum atomic E-state index is 11.7. The van der Waals surface area contributed by atoms with Gasteiger partial charge in [0.25, 0.3) is 5.56 Å². The molecule has 0 N–H and O–H groups in total. The number of ether oxygens (including phenoxy) is 1. The number of aromatic nitrogens is 2. The van der Waals surface area contributed by atoms with Gasteiger partial charge in [-0.25, -0.2) is 4.98 Å². The van der Waals surface area contributed by atoms with Crippen LogP contribution in [-0.4, -0.2) is 16.0 Å². The molecule has 2 heterocycles. The molecular formula is C13H16N2O2. The molecule has 0 aliphatic carbocycles. The van der Waals surface area contributed by atoms with Crippen molar-refractivity contribution in [2.24, 2.45) is 0 Å². The van der Waals surface area contributed by atoms with E-state index in [2.05, 4.69) is 11.9 Å². The van der Waals surface area contributed by atoms with Crippen LogP contribution in [0.4, 0.5) is 0 Å². The predicted molar refractivity (Wildman–Crippen MR) is 66.6 cm³/mol. The Kier molecular flexibility index (Phi) is 3.42. The second-order valence-electron chi connectivity index (χ2n) is 4.00.